The maximum atomic E-state index is 6.09. The summed E-state index contributed by atoms with van der Waals surface area (Å²) in [6.45, 7) is 2.80. The Morgan fingerprint density at radius 3 is 3.06 bits per heavy atom. The van der Waals surface area contributed by atoms with Crippen LogP contribution < -0.4 is 5.32 Å². The Bertz CT molecular complexity index is 518. The summed E-state index contributed by atoms with van der Waals surface area (Å²) in [5.74, 6) is 0. The van der Waals surface area contributed by atoms with Crippen LogP contribution in [0.2, 0.25) is 0 Å². The molecule has 2 aromatic rings. The van der Waals surface area contributed by atoms with Crippen LogP contribution in [0.1, 0.15) is 13.3 Å². The van der Waals surface area contributed by atoms with Crippen LogP contribution in [0.5, 0.6) is 0 Å². The van der Waals surface area contributed by atoms with Crippen molar-refractivity contribution in [1.29, 1.82) is 0 Å². The summed E-state index contributed by atoms with van der Waals surface area (Å²) in [5.41, 5.74) is 2.71. The molecule has 2 aromatic heterocycles. The molecule has 1 atom stereocenters. The molecule has 2 rings (SSSR count). The quantitative estimate of drug-likeness (QED) is 0.872. The molecule has 1 unspecified atom stereocenters. The topological polar surface area (TPSA) is 37.8 Å². The third-order valence-corrected chi connectivity index (χ3v) is 3.40. The highest BCUT2D eigenvalue weighted by Crippen LogP contribution is 2.22. The van der Waals surface area contributed by atoms with E-state index >= 15 is 0 Å². The first-order valence-electron chi connectivity index (χ1n) is 5.49. The Labute approximate surface area is 114 Å². The molecule has 0 aliphatic carbocycles. The summed E-state index contributed by atoms with van der Waals surface area (Å²) in [6.07, 6.45) is 4.48. The molecule has 3 nitrogen and oxygen atoms in total. The molecule has 0 aromatic carbocycles. The van der Waals surface area contributed by atoms with Crippen LogP contribution in [0, 0.1) is 0 Å². The van der Waals surface area contributed by atoms with Crippen molar-refractivity contribution >= 4 is 44.3 Å². The van der Waals surface area contributed by atoms with Gasteiger partial charge in [-0.15, -0.1) is 11.6 Å². The second-order valence-electron chi connectivity index (χ2n) is 3.77. The normalized spacial score (nSPS) is 12.6. The molecule has 0 amide bonds. The minimum absolute atomic E-state index is 0.133. The third-order valence-electron chi connectivity index (χ3n) is 2.50. The maximum Gasteiger partial charge on any atom is 0.112 e. The van der Waals surface area contributed by atoms with Crippen molar-refractivity contribution in [3.8, 4) is 0 Å². The Morgan fingerprint density at radius 1 is 1.47 bits per heavy atom. The Morgan fingerprint density at radius 2 is 2.29 bits per heavy atom. The highest BCUT2D eigenvalue weighted by atomic mass is 79.9. The monoisotopic (exact) mass is 313 g/mol. The number of hydrogen-bond donors (Lipinski definition) is 1. The van der Waals surface area contributed by atoms with E-state index in [0.717, 1.165) is 34.2 Å². The SMILES string of the molecule is CCC(Cl)CNc1ccnc2cc(Br)cnc12. The number of nitrogens with zero attached hydrogens (tertiary/aromatic N) is 2. The lowest BCUT2D eigenvalue weighted by Crippen LogP contribution is -2.13. The van der Waals surface area contributed by atoms with Crippen molar-refractivity contribution in [2.75, 3.05) is 11.9 Å². The van der Waals surface area contributed by atoms with Gasteiger partial charge < -0.3 is 5.32 Å². The van der Waals surface area contributed by atoms with Crippen molar-refractivity contribution in [2.45, 2.75) is 18.7 Å². The van der Waals surface area contributed by atoms with E-state index in [1.807, 2.05) is 12.1 Å². The number of pyridine rings is 2. The number of hydrogen-bond acceptors (Lipinski definition) is 3. The van der Waals surface area contributed by atoms with Crippen molar-refractivity contribution in [2.24, 2.45) is 0 Å². The molecule has 0 aliphatic rings. The molecule has 0 radical (unpaired) electrons. The average Bonchev–Trinajstić information content (AvgIpc) is 2.35. The molecule has 5 heteroatoms. The first-order chi connectivity index (χ1) is 8.20. The van der Waals surface area contributed by atoms with E-state index in [1.165, 1.54) is 0 Å². The summed E-state index contributed by atoms with van der Waals surface area (Å²) in [4.78, 5) is 8.65. The van der Waals surface area contributed by atoms with Crippen molar-refractivity contribution in [1.82, 2.24) is 9.97 Å². The lowest BCUT2D eigenvalue weighted by Gasteiger charge is -2.11. The first kappa shape index (κ1) is 12.6. The van der Waals surface area contributed by atoms with Gasteiger partial charge in [0.1, 0.15) is 5.52 Å². The van der Waals surface area contributed by atoms with E-state index in [4.69, 9.17) is 11.6 Å². The smallest absolute Gasteiger partial charge is 0.112 e. The van der Waals surface area contributed by atoms with Crippen molar-refractivity contribution in [3.63, 3.8) is 0 Å². The zero-order valence-electron chi connectivity index (χ0n) is 9.45. The average molecular weight is 315 g/mol. The Hall–Kier alpha value is -0.870. The molecule has 0 spiro atoms. The van der Waals surface area contributed by atoms with E-state index in [1.54, 1.807) is 12.4 Å². The highest BCUT2D eigenvalue weighted by molar-refractivity contribution is 9.10. The van der Waals surface area contributed by atoms with E-state index < -0.39 is 0 Å². The predicted octanol–water partition coefficient (Wildman–Crippen LogP) is 3.82. The number of halogens is 2. The molecule has 1 N–H and O–H groups in total. The second-order valence-corrected chi connectivity index (χ2v) is 5.30. The minimum Gasteiger partial charge on any atom is -0.382 e. The van der Waals surface area contributed by atoms with E-state index in [2.05, 4.69) is 38.1 Å². The van der Waals surface area contributed by atoms with Gasteiger partial charge in [0.05, 0.1) is 16.6 Å². The van der Waals surface area contributed by atoms with Crippen molar-refractivity contribution in [3.05, 3.63) is 29.0 Å². The molecule has 0 fully saturated rings. The van der Waals surface area contributed by atoms with Crippen LogP contribution in [0.15, 0.2) is 29.0 Å². The maximum absolute atomic E-state index is 6.09. The van der Waals surface area contributed by atoms with Gasteiger partial charge in [0.2, 0.25) is 0 Å². The lowest BCUT2D eigenvalue weighted by atomic mass is 10.2. The van der Waals surface area contributed by atoms with Gasteiger partial charge in [0.25, 0.3) is 0 Å². The third kappa shape index (κ3) is 3.07. The minimum atomic E-state index is 0.133. The summed E-state index contributed by atoms with van der Waals surface area (Å²) >= 11 is 9.47. The zero-order valence-corrected chi connectivity index (χ0v) is 11.8. The number of anilines is 1. The van der Waals surface area contributed by atoms with Gasteiger partial charge >= 0.3 is 0 Å². The number of fused-ring (bicyclic) bond motifs is 1. The molecule has 0 saturated carbocycles. The fourth-order valence-corrected chi connectivity index (χ4v) is 1.91. The molecular weight excluding hydrogens is 302 g/mol. The van der Waals surface area contributed by atoms with Crippen LogP contribution in [-0.4, -0.2) is 21.9 Å². The largest absolute Gasteiger partial charge is 0.382 e. The first-order valence-corrected chi connectivity index (χ1v) is 6.72. The van der Waals surface area contributed by atoms with Gasteiger partial charge in [-0.05, 0) is 34.5 Å². The van der Waals surface area contributed by atoms with Crippen LogP contribution in [-0.2, 0) is 0 Å². The molecule has 0 bridgehead atoms. The van der Waals surface area contributed by atoms with Crippen LogP contribution in [0.4, 0.5) is 5.69 Å². The summed E-state index contributed by atoms with van der Waals surface area (Å²) in [7, 11) is 0. The summed E-state index contributed by atoms with van der Waals surface area (Å²) < 4.78 is 0.929. The van der Waals surface area contributed by atoms with Crippen LogP contribution >= 0.6 is 27.5 Å². The van der Waals surface area contributed by atoms with Crippen LogP contribution in [0.25, 0.3) is 11.0 Å². The van der Waals surface area contributed by atoms with Gasteiger partial charge in [-0.25, -0.2) is 0 Å². The number of nitrogens with one attached hydrogen (secondary N) is 1. The predicted molar refractivity (Wildman–Crippen MR) is 75.7 cm³/mol. The standard InChI is InChI=1S/C12H13BrClN3/c1-2-9(14)7-16-10-3-4-15-11-5-8(13)6-17-12(10)11/h3-6,9H,2,7H2,1H3,(H,15,16). The Kier molecular flexibility index (Phi) is 4.18. The number of rotatable bonds is 4. The second kappa shape index (κ2) is 5.65. The molecule has 0 aliphatic heterocycles. The molecule has 0 saturated heterocycles. The Balaban J connectivity index is 2.28. The fraction of sp³-hybridized carbons (Fsp3) is 0.333. The number of aromatic nitrogens is 2. The van der Waals surface area contributed by atoms with Gasteiger partial charge in [-0.2, -0.15) is 0 Å². The zero-order chi connectivity index (χ0) is 12.3. The molecule has 90 valence electrons. The van der Waals surface area contributed by atoms with Gasteiger partial charge in [0.15, 0.2) is 0 Å². The van der Waals surface area contributed by atoms with E-state index in [-0.39, 0.29) is 5.38 Å². The summed E-state index contributed by atoms with van der Waals surface area (Å²) in [6, 6.07) is 3.87. The van der Waals surface area contributed by atoms with Gasteiger partial charge in [-0.3, -0.25) is 9.97 Å². The summed E-state index contributed by atoms with van der Waals surface area (Å²) in [5, 5.41) is 3.44. The molecule has 17 heavy (non-hydrogen) atoms. The lowest BCUT2D eigenvalue weighted by molar-refractivity contribution is 0.844. The van der Waals surface area contributed by atoms with E-state index in [0.29, 0.717) is 0 Å². The van der Waals surface area contributed by atoms with Gasteiger partial charge in [-0.1, -0.05) is 6.92 Å². The van der Waals surface area contributed by atoms with Gasteiger partial charge in [0, 0.05) is 23.4 Å². The molecular formula is C12H13BrClN3. The van der Waals surface area contributed by atoms with E-state index in [9.17, 15) is 0 Å². The molecule has 2 heterocycles. The fourth-order valence-electron chi connectivity index (χ4n) is 1.51. The van der Waals surface area contributed by atoms with Crippen molar-refractivity contribution < 1.29 is 0 Å². The van der Waals surface area contributed by atoms with Crippen LogP contribution in [0.3, 0.4) is 0 Å². The number of alkyl halides is 1. The highest BCUT2D eigenvalue weighted by Gasteiger charge is 2.06.